The smallest absolute Gasteiger partial charge is 0.330 e. The first-order valence-corrected chi connectivity index (χ1v) is 8.11. The molecule has 2 aromatic rings. The fourth-order valence-electron chi connectivity index (χ4n) is 1.71. The molecule has 5 heteroatoms. The molecule has 0 heterocycles. The predicted molar refractivity (Wildman–Crippen MR) is 92.3 cm³/mol. The Morgan fingerprint density at radius 3 is 2.45 bits per heavy atom. The van der Waals surface area contributed by atoms with E-state index in [0.29, 0.717) is 0 Å². The lowest BCUT2D eigenvalue weighted by molar-refractivity contribution is -0.134. The van der Waals surface area contributed by atoms with Crippen LogP contribution in [0.2, 0.25) is 0 Å². The number of benzene rings is 2. The van der Waals surface area contributed by atoms with Crippen LogP contribution >= 0.6 is 27.7 Å². The van der Waals surface area contributed by atoms with Crippen molar-refractivity contribution < 1.29 is 14.3 Å². The van der Waals surface area contributed by atoms with Crippen molar-refractivity contribution in [2.24, 2.45) is 0 Å². The second-order valence-corrected chi connectivity index (χ2v) is 6.29. The standard InChI is InChI=1S/C17H15BrO3S/c1-20-13-5-7-14(8-6-13)22-16-9-3-12(11-15(16)18)4-10-17(19)21-2/h3-11H,1-2H3/b10-4+. The first kappa shape index (κ1) is 16.6. The molecule has 0 saturated heterocycles. The van der Waals surface area contributed by atoms with Crippen LogP contribution < -0.4 is 4.74 Å². The van der Waals surface area contributed by atoms with Crippen molar-refractivity contribution in [3.8, 4) is 5.75 Å². The van der Waals surface area contributed by atoms with Gasteiger partial charge in [-0.15, -0.1) is 0 Å². The van der Waals surface area contributed by atoms with Crippen LogP contribution in [0, 0.1) is 0 Å². The van der Waals surface area contributed by atoms with E-state index >= 15 is 0 Å². The van der Waals surface area contributed by atoms with Gasteiger partial charge in [0.05, 0.1) is 14.2 Å². The fraction of sp³-hybridized carbons (Fsp3) is 0.118. The molecule has 0 aliphatic rings. The number of hydrogen-bond acceptors (Lipinski definition) is 4. The monoisotopic (exact) mass is 378 g/mol. The van der Waals surface area contributed by atoms with Crippen LogP contribution in [-0.2, 0) is 9.53 Å². The Kier molecular flexibility index (Phi) is 6.10. The Morgan fingerprint density at radius 1 is 1.14 bits per heavy atom. The molecule has 0 saturated carbocycles. The number of halogens is 1. The quantitative estimate of drug-likeness (QED) is 0.553. The molecule has 0 bridgehead atoms. The zero-order valence-electron chi connectivity index (χ0n) is 12.2. The van der Waals surface area contributed by atoms with Gasteiger partial charge >= 0.3 is 5.97 Å². The topological polar surface area (TPSA) is 35.5 Å². The predicted octanol–water partition coefficient (Wildman–Crippen LogP) is 4.80. The first-order chi connectivity index (χ1) is 10.6. The van der Waals surface area contributed by atoms with E-state index < -0.39 is 0 Å². The van der Waals surface area contributed by atoms with E-state index in [1.54, 1.807) is 24.9 Å². The molecule has 0 aliphatic carbocycles. The van der Waals surface area contributed by atoms with Crippen molar-refractivity contribution in [1.82, 2.24) is 0 Å². The van der Waals surface area contributed by atoms with Gasteiger partial charge in [-0.05, 0) is 64.0 Å². The summed E-state index contributed by atoms with van der Waals surface area (Å²) in [5.74, 6) is 0.472. The van der Waals surface area contributed by atoms with Gasteiger partial charge in [-0.2, -0.15) is 0 Å². The third-order valence-electron chi connectivity index (χ3n) is 2.86. The van der Waals surface area contributed by atoms with Crippen LogP contribution in [-0.4, -0.2) is 20.2 Å². The minimum atomic E-state index is -0.368. The number of carbonyl (C=O) groups is 1. The summed E-state index contributed by atoms with van der Waals surface area (Å²) in [6.45, 7) is 0. The average Bonchev–Trinajstić information content (AvgIpc) is 2.55. The minimum Gasteiger partial charge on any atom is -0.497 e. The molecule has 0 fully saturated rings. The van der Waals surface area contributed by atoms with Crippen LogP contribution in [0.25, 0.3) is 6.08 Å². The van der Waals surface area contributed by atoms with Crippen molar-refractivity contribution >= 4 is 39.7 Å². The van der Waals surface area contributed by atoms with E-state index in [1.165, 1.54) is 13.2 Å². The zero-order chi connectivity index (χ0) is 15.9. The molecule has 0 aromatic heterocycles. The van der Waals surface area contributed by atoms with Crippen molar-refractivity contribution in [3.05, 3.63) is 58.6 Å². The number of methoxy groups -OCH3 is 2. The highest BCUT2D eigenvalue weighted by Gasteiger charge is 2.04. The Bertz CT molecular complexity index is 681. The van der Waals surface area contributed by atoms with E-state index in [0.717, 1.165) is 25.6 Å². The second kappa shape index (κ2) is 8.06. The minimum absolute atomic E-state index is 0.368. The van der Waals surface area contributed by atoms with Gasteiger partial charge in [0.25, 0.3) is 0 Å². The second-order valence-electron chi connectivity index (χ2n) is 4.32. The normalized spacial score (nSPS) is 10.7. The summed E-state index contributed by atoms with van der Waals surface area (Å²) in [4.78, 5) is 13.3. The van der Waals surface area contributed by atoms with E-state index in [4.69, 9.17) is 4.74 Å². The van der Waals surface area contributed by atoms with Crippen LogP contribution in [0.5, 0.6) is 5.75 Å². The summed E-state index contributed by atoms with van der Waals surface area (Å²) in [5, 5.41) is 0. The average molecular weight is 379 g/mol. The molecule has 2 rings (SSSR count). The maximum absolute atomic E-state index is 11.1. The van der Waals surface area contributed by atoms with Gasteiger partial charge in [-0.1, -0.05) is 17.8 Å². The largest absolute Gasteiger partial charge is 0.497 e. The van der Waals surface area contributed by atoms with Crippen LogP contribution in [0.15, 0.2) is 62.8 Å². The van der Waals surface area contributed by atoms with Crippen LogP contribution in [0.3, 0.4) is 0 Å². The molecular weight excluding hydrogens is 364 g/mol. The van der Waals surface area contributed by atoms with Gasteiger partial charge in [0, 0.05) is 20.3 Å². The molecule has 2 aromatic carbocycles. The van der Waals surface area contributed by atoms with Gasteiger partial charge in [-0.3, -0.25) is 0 Å². The van der Waals surface area contributed by atoms with Gasteiger partial charge in [0.2, 0.25) is 0 Å². The Hall–Kier alpha value is -1.72. The van der Waals surface area contributed by atoms with Crippen molar-refractivity contribution in [2.45, 2.75) is 9.79 Å². The number of hydrogen-bond donors (Lipinski definition) is 0. The number of rotatable bonds is 5. The molecule has 0 N–H and O–H groups in total. The maximum atomic E-state index is 11.1. The third-order valence-corrected chi connectivity index (χ3v) is 4.86. The lowest BCUT2D eigenvalue weighted by Crippen LogP contribution is -1.93. The fourth-order valence-corrected chi connectivity index (χ4v) is 3.16. The number of ether oxygens (including phenoxy) is 2. The molecule has 0 aliphatic heterocycles. The van der Waals surface area contributed by atoms with Crippen molar-refractivity contribution in [2.75, 3.05) is 14.2 Å². The summed E-state index contributed by atoms with van der Waals surface area (Å²) in [5.41, 5.74) is 0.927. The van der Waals surface area contributed by atoms with Gasteiger partial charge in [0.15, 0.2) is 0 Å². The number of carbonyl (C=O) groups excluding carboxylic acids is 1. The zero-order valence-corrected chi connectivity index (χ0v) is 14.6. The molecule has 0 atom stereocenters. The molecular formula is C17H15BrO3S. The summed E-state index contributed by atoms with van der Waals surface area (Å²) in [6, 6.07) is 13.8. The van der Waals surface area contributed by atoms with E-state index in [1.807, 2.05) is 42.5 Å². The van der Waals surface area contributed by atoms with Crippen LogP contribution in [0.4, 0.5) is 0 Å². The maximum Gasteiger partial charge on any atom is 0.330 e. The molecule has 114 valence electrons. The Labute approximate surface area is 142 Å². The molecule has 0 radical (unpaired) electrons. The third kappa shape index (κ3) is 4.64. The SMILES string of the molecule is COC(=O)/C=C/c1ccc(Sc2ccc(OC)cc2)c(Br)c1. The molecule has 0 amide bonds. The number of esters is 1. The Morgan fingerprint density at radius 2 is 1.86 bits per heavy atom. The van der Waals surface area contributed by atoms with E-state index in [9.17, 15) is 4.79 Å². The Balaban J connectivity index is 2.12. The van der Waals surface area contributed by atoms with Gasteiger partial charge < -0.3 is 9.47 Å². The summed E-state index contributed by atoms with van der Waals surface area (Å²) < 4.78 is 10.7. The van der Waals surface area contributed by atoms with Crippen LogP contribution in [0.1, 0.15) is 5.56 Å². The first-order valence-electron chi connectivity index (χ1n) is 6.50. The molecule has 0 unspecified atom stereocenters. The molecule has 22 heavy (non-hydrogen) atoms. The van der Waals surface area contributed by atoms with E-state index in [2.05, 4.69) is 20.7 Å². The molecule has 3 nitrogen and oxygen atoms in total. The summed E-state index contributed by atoms with van der Waals surface area (Å²) >= 11 is 5.21. The highest BCUT2D eigenvalue weighted by molar-refractivity contribution is 9.10. The van der Waals surface area contributed by atoms with Crippen molar-refractivity contribution in [1.29, 1.82) is 0 Å². The molecule has 0 spiro atoms. The van der Waals surface area contributed by atoms with Crippen molar-refractivity contribution in [3.63, 3.8) is 0 Å². The summed E-state index contributed by atoms with van der Waals surface area (Å²) in [6.07, 6.45) is 3.12. The highest BCUT2D eigenvalue weighted by atomic mass is 79.9. The lowest BCUT2D eigenvalue weighted by Gasteiger charge is -2.06. The van der Waals surface area contributed by atoms with Gasteiger partial charge in [-0.25, -0.2) is 4.79 Å². The van der Waals surface area contributed by atoms with E-state index in [-0.39, 0.29) is 5.97 Å². The van der Waals surface area contributed by atoms with Gasteiger partial charge in [0.1, 0.15) is 5.75 Å². The lowest BCUT2D eigenvalue weighted by atomic mass is 10.2. The highest BCUT2D eigenvalue weighted by Crippen LogP contribution is 2.34. The summed E-state index contributed by atoms with van der Waals surface area (Å²) in [7, 11) is 3.01.